The highest BCUT2D eigenvalue weighted by molar-refractivity contribution is 6.33. The third-order valence-electron chi connectivity index (χ3n) is 18.7. The Morgan fingerprint density at radius 1 is 0.493 bits per heavy atom. The fourth-order valence-electron chi connectivity index (χ4n) is 12.8. The van der Waals surface area contributed by atoms with Crippen molar-refractivity contribution in [1.29, 1.82) is 0 Å². The Morgan fingerprint density at radius 2 is 0.884 bits per heavy atom. The lowest BCUT2D eigenvalue weighted by molar-refractivity contribution is -0.480. The highest BCUT2D eigenvalue weighted by atomic mass is 35.5. The highest BCUT2D eigenvalue weighted by Gasteiger charge is 2.21. The number of carbonyl (C=O) groups is 4. The second-order valence-corrected chi connectivity index (χ2v) is 29.4. The van der Waals surface area contributed by atoms with Crippen LogP contribution in [-0.2, 0) is 101 Å². The summed E-state index contributed by atoms with van der Waals surface area (Å²) in [5, 5.41) is 69.0. The number of hydrogen-bond donors (Lipinski definition) is 6. The van der Waals surface area contributed by atoms with E-state index in [1.54, 1.807) is 132 Å². The predicted molar refractivity (Wildman–Crippen MR) is 497 cm³/mol. The Balaban J connectivity index is 0.000000221. The standard InChI is InChI=1S/C23H22N8O.C15H17N5O2.C13H13N5O2.C11H16N5O.C10H11N3.C9H8ClN3O2.C5H9N3.BF3.FH.H2O3.O2.H2O/c1-30-15-16(14-27-30)4-6-18-13-21(29-22-9-12-26-31(18)22)23(32)25-11-8-17-5-7-19-20(28-17)3-2-10-24-19;1-3-22-15(21)13-8-12(20-14(18-13)6-7-16-20)5-4-11-9-17-19(2)10-11;1-17-8-9(7-15-17)2-3-10-6-11(13(19)20)16-12-4-5-14-18(10)12;1-14(2)11(15(3)4)17-16-10-8-6-5-7-9(10)12-13-16;11-6-5-8-3-4-9-10(13-8)2-1-7-12-9;1-2-15-9(14)6-5-7(10)13-8(12-6)3-4-11-13;1-8-4-5(2-6)3-7-8;2-1(3)4;;1-3-2;1-2;/h2-3,5,7,9-10,12-15H,4,6,8,11H2,1H3,(H,25,32);6-10H,3-5H2,1-2H3;4-8H,2-3H2,1H3,(H,19,20);5-8H,1-4H3;1-4,7H,5-6,11H2;3-5H,2H2,1H3;3-4H,2,6H2,1H3;;1H;1-2H;;1H2/q;;;+1;;;;;;;;/p-1. The number of esters is 2. The van der Waals surface area contributed by atoms with Crippen molar-refractivity contribution in [3.63, 3.8) is 0 Å². The van der Waals surface area contributed by atoms with Crippen LogP contribution < -0.4 is 26.3 Å². The van der Waals surface area contributed by atoms with E-state index in [4.69, 9.17) is 62.9 Å². The fourth-order valence-corrected chi connectivity index (χ4v) is 13.0. The van der Waals surface area contributed by atoms with Crippen molar-refractivity contribution in [2.45, 2.75) is 71.8 Å². The van der Waals surface area contributed by atoms with Crippen molar-refractivity contribution in [3.8, 4) is 0 Å². The van der Waals surface area contributed by atoms with Gasteiger partial charge in [-0.1, -0.05) is 33.6 Å². The van der Waals surface area contributed by atoms with Gasteiger partial charge in [0.1, 0.15) is 21.9 Å². The van der Waals surface area contributed by atoms with Gasteiger partial charge < -0.3 is 41.5 Å². The topological polar surface area (TPSA) is 576 Å². The number of ether oxygens (including phenoxy) is 2. The second kappa shape index (κ2) is 55.3. The van der Waals surface area contributed by atoms with Gasteiger partial charge in [0.05, 0.1) is 113 Å². The third kappa shape index (κ3) is 32.5. The minimum Gasteiger partial charge on any atom is -1.00 e. The normalized spacial score (nSPS) is 10.3. The Bertz CT molecular complexity index is 6920. The molecule has 18 rings (SSSR count). The summed E-state index contributed by atoms with van der Waals surface area (Å²) in [6, 6.07) is 37.3. The zero-order valence-electron chi connectivity index (χ0n) is 76.3. The maximum Gasteiger partial charge on any atom is 0.762 e. The number of amidine groups is 1. The first-order chi connectivity index (χ1) is 65.6. The zero-order chi connectivity index (χ0) is 98.2. The van der Waals surface area contributed by atoms with Crippen LogP contribution in [0, 0.1) is 9.93 Å². The van der Waals surface area contributed by atoms with Gasteiger partial charge in [0.15, 0.2) is 39.7 Å². The lowest BCUT2D eigenvalue weighted by Crippen LogP contribution is -3.00. The van der Waals surface area contributed by atoms with Crippen LogP contribution in [0.5, 0.6) is 0 Å². The summed E-state index contributed by atoms with van der Waals surface area (Å²) in [4.78, 5) is 105. The number of aromatic nitrogens is 27. The molecular formula is C86H100BClF4N32O14. The van der Waals surface area contributed by atoms with Gasteiger partial charge in [-0.15, -0.1) is 5.10 Å². The van der Waals surface area contributed by atoms with E-state index in [1.165, 1.54) is 15.4 Å². The number of nitrogens with two attached hydrogens (primary N) is 2. The Kier molecular flexibility index (Phi) is 43.6. The van der Waals surface area contributed by atoms with Gasteiger partial charge in [0.2, 0.25) is 0 Å². The van der Waals surface area contributed by atoms with E-state index in [9.17, 15) is 32.1 Å². The number of hydrogen-bond acceptors (Lipinski definition) is 32. The summed E-state index contributed by atoms with van der Waals surface area (Å²) in [5.41, 5.74) is 28.3. The van der Waals surface area contributed by atoms with Crippen LogP contribution in [0.4, 0.5) is 12.9 Å². The smallest absolute Gasteiger partial charge is 0.762 e. The molecule has 17 heterocycles. The largest absolute Gasteiger partial charge is 1.00 e. The van der Waals surface area contributed by atoms with Gasteiger partial charge in [-0.05, 0) is 160 Å². The first kappa shape index (κ1) is 109. The number of benzene rings is 1. The predicted octanol–water partition coefficient (Wildman–Crippen LogP) is 4.23. The van der Waals surface area contributed by atoms with E-state index in [0.717, 1.165) is 122 Å². The molecule has 52 heteroatoms. The van der Waals surface area contributed by atoms with Gasteiger partial charge in [0, 0.05) is 166 Å². The van der Waals surface area contributed by atoms with Gasteiger partial charge >= 0.3 is 31.5 Å². The number of pyridine rings is 4. The molecule has 1 aromatic carbocycles. The average molecular weight is 1930 g/mol. The molecule has 0 bridgehead atoms. The van der Waals surface area contributed by atoms with Crippen molar-refractivity contribution in [1.82, 2.24) is 143 Å². The summed E-state index contributed by atoms with van der Waals surface area (Å²) in [7, 11) is 11.5. The molecular weight excluding hydrogens is 1830 g/mol. The van der Waals surface area contributed by atoms with Crippen LogP contribution in [0.25, 0.3) is 55.7 Å². The van der Waals surface area contributed by atoms with Gasteiger partial charge in [-0.2, -0.15) is 40.8 Å². The van der Waals surface area contributed by atoms with E-state index in [1.807, 2.05) is 182 Å². The minimum absolute atomic E-state index is 0. The quantitative estimate of drug-likeness (QED) is 0.00636. The number of carboxylic acid groups (broad SMARTS) is 1. The number of rotatable bonds is 22. The summed E-state index contributed by atoms with van der Waals surface area (Å²) in [6.07, 6.45) is 31.1. The molecule has 10 N–H and O–H groups in total. The van der Waals surface area contributed by atoms with Crippen LogP contribution in [0.1, 0.15) is 107 Å². The number of carbonyl (C=O) groups excluding carboxylic acids is 3. The van der Waals surface area contributed by atoms with Crippen molar-refractivity contribution in [2.24, 2.45) is 39.7 Å². The van der Waals surface area contributed by atoms with Crippen LogP contribution >= 0.6 is 11.6 Å². The first-order valence-corrected chi connectivity index (χ1v) is 41.9. The Morgan fingerprint density at radius 3 is 1.29 bits per heavy atom. The third-order valence-corrected chi connectivity index (χ3v) is 18.9. The maximum absolute atomic E-state index is 12.8. The molecule has 0 fully saturated rings. The van der Waals surface area contributed by atoms with Crippen molar-refractivity contribution < 1.29 is 81.9 Å². The molecule has 0 radical (unpaired) electrons. The number of halogens is 5. The Labute approximate surface area is 788 Å². The molecule has 0 spiro atoms. The zero-order valence-corrected chi connectivity index (χ0v) is 77.1. The lowest BCUT2D eigenvalue weighted by atomic mass is 10.1. The second-order valence-electron chi connectivity index (χ2n) is 29.0. The van der Waals surface area contributed by atoms with Gasteiger partial charge in [0.25, 0.3) is 5.91 Å². The monoisotopic (exact) mass is 1930 g/mol. The summed E-state index contributed by atoms with van der Waals surface area (Å²) < 4.78 is 54.4. The molecule has 18 aromatic rings. The van der Waals surface area contributed by atoms with Crippen LogP contribution in [0.3, 0.4) is 0 Å². The molecule has 0 aliphatic heterocycles. The van der Waals surface area contributed by atoms with Gasteiger partial charge in [-0.25, -0.2) is 72.4 Å². The molecule has 0 saturated carbocycles. The van der Waals surface area contributed by atoms with Crippen molar-refractivity contribution >= 4 is 105 Å². The minimum atomic E-state index is -3.67. The summed E-state index contributed by atoms with van der Waals surface area (Å²) in [6.45, 7) is 5.83. The highest BCUT2D eigenvalue weighted by Crippen LogP contribution is 2.19. The number of aromatic carboxylic acids is 1. The number of carboxylic acids is 1. The average Bonchev–Trinajstić information content (AvgIpc) is 1.65. The molecule has 0 unspecified atom stereocenters. The van der Waals surface area contributed by atoms with E-state index >= 15 is 0 Å². The number of amides is 1. The SMILES string of the molecule is CCOC(=O)c1cc(CCc2cnn(C)c2)n2nccc2n1.CCOC(=O)c1cc(Cl)n2nccc2n1.CN(C)C(On1nnc2ccccc21)=[N+](C)C.Cn1cc(CCc2cc(C(=O)NCCc3ccc4ncccc4n3)nc3ccnn23)cn1.Cn1cc(CCc2cc(C(=O)O)nc3ccnn23)cn1.Cn1cc(CN)cn1.FB(F)F.NCCc1ccc2ncccc2n1.O.O=O.OOO.[F-]. The lowest BCUT2D eigenvalue weighted by Gasteiger charge is -2.10. The molecule has 0 saturated heterocycles. The van der Waals surface area contributed by atoms with Crippen molar-refractivity contribution in [2.75, 3.05) is 54.5 Å². The van der Waals surface area contributed by atoms with E-state index in [-0.39, 0.29) is 27.5 Å². The van der Waals surface area contributed by atoms with Crippen LogP contribution in [0.15, 0.2) is 208 Å². The maximum atomic E-state index is 12.8. The molecule has 0 atom stereocenters. The molecule has 726 valence electrons. The molecule has 138 heavy (non-hydrogen) atoms. The summed E-state index contributed by atoms with van der Waals surface area (Å²) >= 11 is 5.90. The Hall–Kier alpha value is -16.4. The van der Waals surface area contributed by atoms with Gasteiger partial charge in [-0.3, -0.25) is 61.2 Å². The number of nitrogens with zero attached hydrogens (tertiary/aromatic N) is 29. The molecule has 0 aliphatic carbocycles. The number of aryl methyl sites for hydroxylation is 10. The van der Waals surface area contributed by atoms with Crippen molar-refractivity contribution in [3.05, 3.63) is 297 Å². The summed E-state index contributed by atoms with van der Waals surface area (Å²) in [5.74, 6) is -2.13. The number of fused-ring (bicyclic) bond motifs is 7. The molecule has 17 aromatic heterocycles. The fraction of sp³-hybridized carbons (Fsp3) is 0.267. The molecule has 46 nitrogen and oxygen atoms in total. The molecule has 1 amide bonds. The van der Waals surface area contributed by atoms with E-state index in [0.29, 0.717) is 90.8 Å². The van der Waals surface area contributed by atoms with E-state index in [2.05, 4.69) is 101 Å². The number of para-hydroxylation sites is 1. The first-order valence-electron chi connectivity index (χ1n) is 41.5. The van der Waals surface area contributed by atoms with E-state index < -0.39 is 25.5 Å². The van der Waals surface area contributed by atoms with Crippen LogP contribution in [-0.4, -0.2) is 255 Å². The molecule has 0 aliphatic rings. The van der Waals surface area contributed by atoms with Crippen LogP contribution in [0.2, 0.25) is 5.15 Å². The number of nitrogens with one attached hydrogen (secondary N) is 1.